The average molecular weight is 335 g/mol. The number of hydrogen-bond acceptors (Lipinski definition) is 5. The van der Waals surface area contributed by atoms with Crippen LogP contribution < -0.4 is 9.86 Å². The fraction of sp³-hybridized carbons (Fsp3) is 0.455. The molecule has 3 N–H and O–H groups in total. The third-order valence-corrected chi connectivity index (χ3v) is 5.64. The lowest BCUT2D eigenvalue weighted by atomic mass is 10.2. The smallest absolute Gasteiger partial charge is 0.301 e. The van der Waals surface area contributed by atoms with Gasteiger partial charge in [-0.25, -0.2) is 13.6 Å². The maximum absolute atomic E-state index is 12.2. The zero-order chi connectivity index (χ0) is 15.7. The molecular weight excluding hydrogens is 318 g/mol. The number of primary sulfonamides is 1. The number of ether oxygens (including phenoxy) is 1. The molecule has 1 heterocycles. The molecule has 0 bridgehead atoms. The van der Waals surface area contributed by atoms with Gasteiger partial charge in [-0.15, -0.1) is 0 Å². The van der Waals surface area contributed by atoms with Crippen LogP contribution in [0, 0.1) is 6.92 Å². The third kappa shape index (κ3) is 3.92. The molecule has 0 unspecified atom stereocenters. The van der Waals surface area contributed by atoms with E-state index in [9.17, 15) is 16.8 Å². The van der Waals surface area contributed by atoms with Crippen molar-refractivity contribution in [1.82, 2.24) is 4.31 Å². The van der Waals surface area contributed by atoms with Crippen LogP contribution in [0.3, 0.4) is 0 Å². The van der Waals surface area contributed by atoms with Gasteiger partial charge in [-0.1, -0.05) is 6.07 Å². The molecule has 0 radical (unpaired) electrons. The second-order valence-electron chi connectivity index (χ2n) is 4.64. The number of morpholine rings is 1. The molecule has 8 nitrogen and oxygen atoms in total. The molecule has 0 saturated carbocycles. The van der Waals surface area contributed by atoms with Crippen LogP contribution in [-0.4, -0.2) is 47.4 Å². The summed E-state index contributed by atoms with van der Waals surface area (Å²) in [5.41, 5.74) is 0.600. The molecule has 0 aliphatic carbocycles. The largest absolute Gasteiger partial charge is 0.379 e. The highest BCUT2D eigenvalue weighted by Crippen LogP contribution is 2.20. The second-order valence-corrected chi connectivity index (χ2v) is 7.84. The Morgan fingerprint density at radius 3 is 2.38 bits per heavy atom. The van der Waals surface area contributed by atoms with Crippen molar-refractivity contribution in [3.63, 3.8) is 0 Å². The summed E-state index contributed by atoms with van der Waals surface area (Å²) in [6.45, 7) is 2.75. The lowest BCUT2D eigenvalue weighted by molar-refractivity contribution is 0.0733. The predicted octanol–water partition coefficient (Wildman–Crippen LogP) is -0.369. The highest BCUT2D eigenvalue weighted by molar-refractivity contribution is 7.90. The summed E-state index contributed by atoms with van der Waals surface area (Å²) in [5.74, 6) is 0. The Morgan fingerprint density at radius 1 is 1.19 bits per heavy atom. The first-order chi connectivity index (χ1) is 9.70. The van der Waals surface area contributed by atoms with Crippen LogP contribution in [0.15, 0.2) is 23.1 Å². The maximum atomic E-state index is 12.2. The van der Waals surface area contributed by atoms with Crippen LogP contribution in [0.5, 0.6) is 0 Å². The summed E-state index contributed by atoms with van der Waals surface area (Å²) in [6.07, 6.45) is 0. The van der Waals surface area contributed by atoms with Gasteiger partial charge >= 0.3 is 10.2 Å². The molecule has 21 heavy (non-hydrogen) atoms. The molecular formula is C11H17N3O5S2. The van der Waals surface area contributed by atoms with E-state index in [1.165, 1.54) is 22.5 Å². The SMILES string of the molecule is Cc1ccc(NS(=O)(=O)N2CCOCC2)cc1S(N)(=O)=O. The lowest BCUT2D eigenvalue weighted by Gasteiger charge is -2.26. The van der Waals surface area contributed by atoms with E-state index in [0.717, 1.165) is 0 Å². The Hall–Kier alpha value is -1.20. The summed E-state index contributed by atoms with van der Waals surface area (Å²) >= 11 is 0. The van der Waals surface area contributed by atoms with Gasteiger partial charge in [0.05, 0.1) is 23.8 Å². The van der Waals surface area contributed by atoms with Crippen molar-refractivity contribution >= 4 is 25.9 Å². The molecule has 10 heteroatoms. The molecule has 1 fully saturated rings. The molecule has 1 aromatic carbocycles. The summed E-state index contributed by atoms with van der Waals surface area (Å²) in [7, 11) is -7.65. The zero-order valence-electron chi connectivity index (χ0n) is 11.4. The van der Waals surface area contributed by atoms with Gasteiger partial charge < -0.3 is 4.74 Å². The molecule has 0 spiro atoms. The van der Waals surface area contributed by atoms with Crippen LogP contribution >= 0.6 is 0 Å². The van der Waals surface area contributed by atoms with Gasteiger partial charge in [-0.3, -0.25) is 4.72 Å². The molecule has 2 rings (SSSR count). The molecule has 0 atom stereocenters. The number of nitrogens with one attached hydrogen (secondary N) is 1. The summed E-state index contributed by atoms with van der Waals surface area (Å²) < 4.78 is 55.9. The highest BCUT2D eigenvalue weighted by Gasteiger charge is 2.24. The first kappa shape index (κ1) is 16.2. The predicted molar refractivity (Wildman–Crippen MR) is 77.5 cm³/mol. The Bertz CT molecular complexity index is 724. The van der Waals surface area contributed by atoms with Crippen LogP contribution in [0.2, 0.25) is 0 Å². The fourth-order valence-electron chi connectivity index (χ4n) is 1.97. The van der Waals surface area contributed by atoms with Crippen molar-refractivity contribution in [2.45, 2.75) is 11.8 Å². The van der Waals surface area contributed by atoms with Gasteiger partial charge in [0.2, 0.25) is 10.0 Å². The van der Waals surface area contributed by atoms with Gasteiger partial charge in [0.1, 0.15) is 0 Å². The highest BCUT2D eigenvalue weighted by atomic mass is 32.2. The standard InChI is InChI=1S/C11H17N3O5S2/c1-9-2-3-10(8-11(9)20(12,15)16)13-21(17,18)14-4-6-19-7-5-14/h2-3,8,13H,4-7H2,1H3,(H2,12,15,16). The van der Waals surface area contributed by atoms with Crippen molar-refractivity contribution in [2.24, 2.45) is 5.14 Å². The summed E-state index contributed by atoms with van der Waals surface area (Å²) in [4.78, 5) is -0.107. The number of hydrogen-bond donors (Lipinski definition) is 2. The minimum absolute atomic E-state index is 0.107. The van der Waals surface area contributed by atoms with Gasteiger partial charge in [-0.05, 0) is 24.6 Å². The van der Waals surface area contributed by atoms with Crippen LogP contribution in [0.1, 0.15) is 5.56 Å². The van der Waals surface area contributed by atoms with E-state index in [2.05, 4.69) is 4.72 Å². The Morgan fingerprint density at radius 2 is 1.81 bits per heavy atom. The number of nitrogens with zero attached hydrogens (tertiary/aromatic N) is 1. The lowest BCUT2D eigenvalue weighted by Crippen LogP contribution is -2.43. The van der Waals surface area contributed by atoms with E-state index in [1.54, 1.807) is 6.92 Å². The van der Waals surface area contributed by atoms with Crippen molar-refractivity contribution < 1.29 is 21.6 Å². The summed E-state index contributed by atoms with van der Waals surface area (Å²) in [6, 6.07) is 4.20. The van der Waals surface area contributed by atoms with Crippen LogP contribution in [0.4, 0.5) is 5.69 Å². The van der Waals surface area contributed by atoms with E-state index in [0.29, 0.717) is 18.8 Å². The van der Waals surface area contributed by atoms with Crippen molar-refractivity contribution in [3.8, 4) is 0 Å². The average Bonchev–Trinajstić information content (AvgIpc) is 2.40. The third-order valence-electron chi connectivity index (χ3n) is 3.05. The van der Waals surface area contributed by atoms with E-state index < -0.39 is 20.2 Å². The normalized spacial score (nSPS) is 17.6. The monoisotopic (exact) mass is 335 g/mol. The molecule has 0 amide bonds. The van der Waals surface area contributed by atoms with Crippen LogP contribution in [0.25, 0.3) is 0 Å². The molecule has 1 aliphatic rings. The minimum Gasteiger partial charge on any atom is -0.379 e. The van der Waals surface area contributed by atoms with E-state index in [-0.39, 0.29) is 23.7 Å². The quantitative estimate of drug-likeness (QED) is 0.778. The van der Waals surface area contributed by atoms with Gasteiger partial charge in [0, 0.05) is 13.1 Å². The number of aryl methyl sites for hydroxylation is 1. The van der Waals surface area contributed by atoms with Crippen LogP contribution in [-0.2, 0) is 25.0 Å². The van der Waals surface area contributed by atoms with E-state index in [4.69, 9.17) is 9.88 Å². The minimum atomic E-state index is -3.90. The number of benzene rings is 1. The van der Waals surface area contributed by atoms with Crippen molar-refractivity contribution in [2.75, 3.05) is 31.0 Å². The van der Waals surface area contributed by atoms with Gasteiger partial charge in [-0.2, -0.15) is 12.7 Å². The van der Waals surface area contributed by atoms with Crippen molar-refractivity contribution in [1.29, 1.82) is 0 Å². The van der Waals surface area contributed by atoms with Crippen molar-refractivity contribution in [3.05, 3.63) is 23.8 Å². The fourth-order valence-corrected chi connectivity index (χ4v) is 3.96. The summed E-state index contributed by atoms with van der Waals surface area (Å²) in [5, 5.41) is 5.10. The Labute approximate surface area is 124 Å². The molecule has 118 valence electrons. The topological polar surface area (TPSA) is 119 Å². The number of rotatable bonds is 4. The van der Waals surface area contributed by atoms with E-state index >= 15 is 0 Å². The maximum Gasteiger partial charge on any atom is 0.301 e. The number of sulfonamides is 1. The Balaban J connectivity index is 2.27. The van der Waals surface area contributed by atoms with Gasteiger partial charge in [0.25, 0.3) is 0 Å². The molecule has 1 saturated heterocycles. The first-order valence-corrected chi connectivity index (χ1v) is 9.18. The first-order valence-electron chi connectivity index (χ1n) is 6.19. The van der Waals surface area contributed by atoms with Gasteiger partial charge in [0.15, 0.2) is 0 Å². The van der Waals surface area contributed by atoms with E-state index in [1.807, 2.05) is 0 Å². The molecule has 1 aliphatic heterocycles. The molecule has 0 aromatic heterocycles. The second kappa shape index (κ2) is 5.89. The number of nitrogens with two attached hydrogens (primary N) is 1. The molecule has 1 aromatic rings. The Kier molecular flexibility index (Phi) is 4.54. The zero-order valence-corrected chi connectivity index (χ0v) is 13.1. The number of anilines is 1.